The van der Waals surface area contributed by atoms with Crippen LogP contribution in [0.1, 0.15) is 59.9 Å². The van der Waals surface area contributed by atoms with Gasteiger partial charge in [0.2, 0.25) is 0 Å². The van der Waals surface area contributed by atoms with E-state index in [9.17, 15) is 0 Å². The molecule has 7 nitrogen and oxygen atoms in total. The number of nitrogens with two attached hydrogens (primary N) is 1. The van der Waals surface area contributed by atoms with Crippen molar-refractivity contribution in [3.8, 4) is 0 Å². The monoisotopic (exact) mass is 512 g/mol. The van der Waals surface area contributed by atoms with Crippen LogP contribution in [-0.4, -0.2) is 50.4 Å². The molecular weight excluding hydrogens is 472 g/mol. The maximum absolute atomic E-state index is 6.83. The molecule has 1 fully saturated rings. The maximum atomic E-state index is 6.83. The van der Waals surface area contributed by atoms with Gasteiger partial charge in [-0.2, -0.15) is 0 Å². The number of hydrogen-bond donors (Lipinski definition) is 2. The highest BCUT2D eigenvalue weighted by atomic mass is 35.5. The van der Waals surface area contributed by atoms with Gasteiger partial charge in [-0.3, -0.25) is 0 Å². The SMILES string of the molecule is CC(C)(C)[Si](C)(C)OC[C@H]1O[C@@H](c2nc(N)c3c(Cl)c[nH]c3n2)C[C@@H]1O[Si](C)(C)C(C)(C)C. The third kappa shape index (κ3) is 5.49. The Hall–Kier alpha value is -0.976. The molecule has 1 saturated heterocycles. The van der Waals surface area contributed by atoms with E-state index in [0.717, 1.165) is 0 Å². The molecule has 3 heterocycles. The number of fused-ring (bicyclic) bond motifs is 1. The van der Waals surface area contributed by atoms with Crippen LogP contribution in [-0.2, 0) is 13.6 Å². The molecular formula is C23H41ClN4O3Si2. The summed E-state index contributed by atoms with van der Waals surface area (Å²) in [5.74, 6) is 0.907. The molecule has 0 amide bonds. The van der Waals surface area contributed by atoms with Gasteiger partial charge < -0.3 is 24.3 Å². The lowest BCUT2D eigenvalue weighted by atomic mass is 10.1. The molecule has 2 aromatic rings. The lowest BCUT2D eigenvalue weighted by Crippen LogP contribution is -2.48. The first-order valence-electron chi connectivity index (χ1n) is 11.7. The van der Waals surface area contributed by atoms with Gasteiger partial charge >= 0.3 is 0 Å². The number of nitrogen functional groups attached to an aromatic ring is 1. The van der Waals surface area contributed by atoms with Crippen molar-refractivity contribution in [2.45, 2.75) is 103 Å². The average Bonchev–Trinajstić information content (AvgIpc) is 3.21. The molecule has 3 N–H and O–H groups in total. The van der Waals surface area contributed by atoms with Crippen LogP contribution in [0.2, 0.25) is 41.3 Å². The largest absolute Gasteiger partial charge is 0.414 e. The van der Waals surface area contributed by atoms with Gasteiger partial charge in [-0.05, 0) is 36.3 Å². The number of nitrogens with zero attached hydrogens (tertiary/aromatic N) is 2. The third-order valence-corrected chi connectivity index (χ3v) is 17.0. The van der Waals surface area contributed by atoms with Crippen LogP contribution < -0.4 is 5.73 Å². The summed E-state index contributed by atoms with van der Waals surface area (Å²) in [6, 6.07) is 0. The van der Waals surface area contributed by atoms with E-state index in [4.69, 9.17) is 30.9 Å². The van der Waals surface area contributed by atoms with E-state index in [2.05, 4.69) is 82.7 Å². The molecule has 186 valence electrons. The summed E-state index contributed by atoms with van der Waals surface area (Å²) in [6.45, 7) is 23.0. The third-order valence-electron chi connectivity index (χ3n) is 7.68. The molecule has 33 heavy (non-hydrogen) atoms. The summed E-state index contributed by atoms with van der Waals surface area (Å²) in [5.41, 5.74) is 6.83. The Bertz CT molecular complexity index is 998. The summed E-state index contributed by atoms with van der Waals surface area (Å²) in [6.07, 6.45) is 1.74. The molecule has 0 radical (unpaired) electrons. The number of nitrogens with one attached hydrogen (secondary N) is 1. The van der Waals surface area contributed by atoms with E-state index >= 15 is 0 Å². The van der Waals surface area contributed by atoms with Gasteiger partial charge in [0.25, 0.3) is 0 Å². The van der Waals surface area contributed by atoms with Crippen molar-refractivity contribution in [2.75, 3.05) is 12.3 Å². The Morgan fingerprint density at radius 1 is 1.09 bits per heavy atom. The molecule has 3 rings (SSSR count). The van der Waals surface area contributed by atoms with E-state index in [1.54, 1.807) is 6.20 Å². The molecule has 3 atom stereocenters. The van der Waals surface area contributed by atoms with Gasteiger partial charge in [0.15, 0.2) is 22.5 Å². The molecule has 0 unspecified atom stereocenters. The molecule has 10 heteroatoms. The molecule has 0 aromatic carbocycles. The standard InChI is InChI=1S/C23H41ClN4O3Si2/c1-22(2,3)32(7,8)29-13-17-15(31-33(9,10)23(4,5)6)11-16(30-17)20-27-19(25)18-14(24)12-26-21(18)28-20/h12,15-17H,11,13H2,1-10H3,(H3,25,26,27,28)/t15-,16+,17+/m0/s1. The number of halogens is 1. The van der Waals surface area contributed by atoms with Gasteiger partial charge in [-0.1, -0.05) is 53.1 Å². The quantitative estimate of drug-likeness (QED) is 0.432. The highest BCUT2D eigenvalue weighted by molar-refractivity contribution is 6.74. The van der Waals surface area contributed by atoms with Gasteiger partial charge in [-0.25, -0.2) is 9.97 Å². The first kappa shape index (κ1) is 26.6. The van der Waals surface area contributed by atoms with Gasteiger partial charge in [0.1, 0.15) is 23.7 Å². The number of anilines is 1. The molecule has 0 bridgehead atoms. The maximum Gasteiger partial charge on any atom is 0.192 e. The van der Waals surface area contributed by atoms with E-state index < -0.39 is 16.6 Å². The second-order valence-electron chi connectivity index (χ2n) is 12.2. The van der Waals surface area contributed by atoms with E-state index in [-0.39, 0.29) is 28.4 Å². The first-order chi connectivity index (χ1) is 14.9. The fourth-order valence-electron chi connectivity index (χ4n) is 3.40. The van der Waals surface area contributed by atoms with Crippen molar-refractivity contribution in [1.82, 2.24) is 15.0 Å². The number of ether oxygens (including phenoxy) is 1. The van der Waals surface area contributed by atoms with E-state index in [1.807, 2.05) is 0 Å². The minimum absolute atomic E-state index is 0.0894. The second-order valence-corrected chi connectivity index (χ2v) is 22.2. The zero-order chi connectivity index (χ0) is 25.0. The smallest absolute Gasteiger partial charge is 0.192 e. The van der Waals surface area contributed by atoms with E-state index in [0.29, 0.717) is 40.7 Å². The van der Waals surface area contributed by atoms with Gasteiger partial charge in [0, 0.05) is 12.6 Å². The van der Waals surface area contributed by atoms with Crippen LogP contribution in [0.3, 0.4) is 0 Å². The Labute approximate surface area is 205 Å². The zero-order valence-electron chi connectivity index (χ0n) is 21.8. The molecule has 0 spiro atoms. The zero-order valence-corrected chi connectivity index (χ0v) is 24.6. The highest BCUT2D eigenvalue weighted by Crippen LogP contribution is 2.43. The van der Waals surface area contributed by atoms with Gasteiger partial charge in [0.05, 0.1) is 23.1 Å². The number of aromatic amines is 1. The fraction of sp³-hybridized carbons (Fsp3) is 0.739. The molecule has 1 aliphatic heterocycles. The second kappa shape index (κ2) is 8.91. The Balaban J connectivity index is 1.88. The Morgan fingerprint density at radius 3 is 2.27 bits per heavy atom. The van der Waals surface area contributed by atoms with Crippen molar-refractivity contribution >= 4 is 45.1 Å². The summed E-state index contributed by atoms with van der Waals surface area (Å²) in [4.78, 5) is 12.3. The number of aromatic nitrogens is 3. The normalized spacial score (nSPS) is 22.9. The number of rotatable bonds is 6. The summed E-state index contributed by atoms with van der Waals surface area (Å²) < 4.78 is 19.9. The van der Waals surface area contributed by atoms with Crippen molar-refractivity contribution in [2.24, 2.45) is 0 Å². The summed E-state index contributed by atoms with van der Waals surface area (Å²) in [7, 11) is -3.95. The minimum atomic E-state index is -2.02. The average molecular weight is 513 g/mol. The molecule has 0 saturated carbocycles. The van der Waals surface area contributed by atoms with Crippen LogP contribution in [0.5, 0.6) is 0 Å². The van der Waals surface area contributed by atoms with Crippen LogP contribution in [0, 0.1) is 0 Å². The summed E-state index contributed by atoms with van der Waals surface area (Å²) in [5, 5.41) is 1.37. The van der Waals surface area contributed by atoms with Crippen LogP contribution in [0.25, 0.3) is 11.0 Å². The van der Waals surface area contributed by atoms with Crippen molar-refractivity contribution in [1.29, 1.82) is 0 Å². The van der Waals surface area contributed by atoms with Crippen molar-refractivity contribution < 1.29 is 13.6 Å². The van der Waals surface area contributed by atoms with Crippen LogP contribution >= 0.6 is 11.6 Å². The predicted octanol–water partition coefficient (Wildman–Crippen LogP) is 6.44. The van der Waals surface area contributed by atoms with Crippen LogP contribution in [0.4, 0.5) is 5.82 Å². The molecule has 2 aromatic heterocycles. The molecule has 0 aliphatic carbocycles. The minimum Gasteiger partial charge on any atom is -0.414 e. The summed E-state index contributed by atoms with van der Waals surface area (Å²) >= 11 is 6.22. The Morgan fingerprint density at radius 2 is 1.70 bits per heavy atom. The predicted molar refractivity (Wildman–Crippen MR) is 141 cm³/mol. The van der Waals surface area contributed by atoms with Gasteiger partial charge in [-0.15, -0.1) is 0 Å². The highest BCUT2D eigenvalue weighted by Gasteiger charge is 2.47. The van der Waals surface area contributed by atoms with Crippen molar-refractivity contribution in [3.05, 3.63) is 17.0 Å². The van der Waals surface area contributed by atoms with E-state index in [1.165, 1.54) is 0 Å². The number of H-pyrrole nitrogens is 1. The fourth-order valence-corrected chi connectivity index (χ4v) is 6.01. The first-order valence-corrected chi connectivity index (χ1v) is 17.9. The van der Waals surface area contributed by atoms with Crippen LogP contribution in [0.15, 0.2) is 6.20 Å². The van der Waals surface area contributed by atoms with Crippen molar-refractivity contribution in [3.63, 3.8) is 0 Å². The lowest BCUT2D eigenvalue weighted by Gasteiger charge is -2.40. The number of hydrogen-bond acceptors (Lipinski definition) is 6. The lowest BCUT2D eigenvalue weighted by molar-refractivity contribution is -0.0186. The topological polar surface area (TPSA) is 95.3 Å². The Kier molecular flexibility index (Phi) is 7.19. The molecule has 1 aliphatic rings.